The highest BCUT2D eigenvalue weighted by atomic mass is 16.4. The van der Waals surface area contributed by atoms with Crippen LogP contribution in [-0.2, 0) is 19.2 Å². The van der Waals surface area contributed by atoms with Gasteiger partial charge < -0.3 is 5.11 Å². The van der Waals surface area contributed by atoms with Crippen LogP contribution < -0.4 is 0 Å². The second kappa shape index (κ2) is 4.28. The van der Waals surface area contributed by atoms with Crippen molar-refractivity contribution < 1.29 is 24.3 Å². The number of fused-ring (bicyclic) bond motifs is 1. The number of carboxylic acid groups (broad SMARTS) is 1. The van der Waals surface area contributed by atoms with Gasteiger partial charge in [0.1, 0.15) is 11.6 Å². The molecule has 1 aliphatic carbocycles. The Balaban J connectivity index is 2.46. The third kappa shape index (κ3) is 1.59. The predicted octanol–water partition coefficient (Wildman–Crippen LogP) is -0.347. The SMILES string of the molecule is CC(=O)CN1CCC2C(=O)CCC(=O)[C@@]21C(=O)O. The van der Waals surface area contributed by atoms with E-state index in [1.165, 1.54) is 11.8 Å². The molecule has 0 radical (unpaired) electrons. The Morgan fingerprint density at radius 1 is 1.39 bits per heavy atom. The topological polar surface area (TPSA) is 91.8 Å². The van der Waals surface area contributed by atoms with Crippen molar-refractivity contribution in [1.82, 2.24) is 4.90 Å². The van der Waals surface area contributed by atoms with Gasteiger partial charge in [-0.2, -0.15) is 0 Å². The molecule has 1 unspecified atom stereocenters. The Hall–Kier alpha value is -1.56. The van der Waals surface area contributed by atoms with E-state index in [-0.39, 0.29) is 31.0 Å². The number of carbonyl (C=O) groups excluding carboxylic acids is 3. The molecule has 1 saturated carbocycles. The zero-order valence-corrected chi connectivity index (χ0v) is 10.1. The van der Waals surface area contributed by atoms with Gasteiger partial charge in [0.2, 0.25) is 0 Å². The summed E-state index contributed by atoms with van der Waals surface area (Å²) in [6.45, 7) is 1.55. The van der Waals surface area contributed by atoms with E-state index in [4.69, 9.17) is 0 Å². The highest BCUT2D eigenvalue weighted by Crippen LogP contribution is 2.41. The van der Waals surface area contributed by atoms with Gasteiger partial charge in [-0.05, 0) is 13.3 Å². The van der Waals surface area contributed by atoms with Crippen LogP contribution in [0.25, 0.3) is 0 Å². The zero-order chi connectivity index (χ0) is 13.5. The second-order valence-corrected chi connectivity index (χ2v) is 4.93. The average molecular weight is 253 g/mol. The van der Waals surface area contributed by atoms with E-state index in [1.54, 1.807) is 0 Å². The van der Waals surface area contributed by atoms with Gasteiger partial charge in [0.15, 0.2) is 11.3 Å². The molecule has 6 nitrogen and oxygen atoms in total. The van der Waals surface area contributed by atoms with Crippen molar-refractivity contribution in [2.45, 2.75) is 31.7 Å². The predicted molar refractivity (Wildman–Crippen MR) is 60.0 cm³/mol. The zero-order valence-electron chi connectivity index (χ0n) is 10.1. The molecule has 1 saturated heterocycles. The highest BCUT2D eigenvalue weighted by molar-refractivity contribution is 6.15. The van der Waals surface area contributed by atoms with Gasteiger partial charge in [-0.1, -0.05) is 0 Å². The van der Waals surface area contributed by atoms with Crippen LogP contribution in [0.1, 0.15) is 26.2 Å². The molecule has 2 atom stereocenters. The summed E-state index contributed by atoms with van der Waals surface area (Å²) >= 11 is 0. The summed E-state index contributed by atoms with van der Waals surface area (Å²) in [5, 5.41) is 9.44. The molecule has 6 heteroatoms. The molecular weight excluding hydrogens is 238 g/mol. The van der Waals surface area contributed by atoms with Crippen molar-refractivity contribution in [3.05, 3.63) is 0 Å². The number of ketones is 3. The molecule has 0 spiro atoms. The van der Waals surface area contributed by atoms with Gasteiger partial charge in [-0.15, -0.1) is 0 Å². The van der Waals surface area contributed by atoms with Gasteiger partial charge in [0, 0.05) is 19.4 Å². The molecule has 0 aromatic carbocycles. The van der Waals surface area contributed by atoms with Crippen molar-refractivity contribution in [2.24, 2.45) is 5.92 Å². The number of hydrogen-bond acceptors (Lipinski definition) is 5. The molecule has 1 heterocycles. The fraction of sp³-hybridized carbons (Fsp3) is 0.667. The summed E-state index contributed by atoms with van der Waals surface area (Å²) in [6, 6.07) is 0. The fourth-order valence-electron chi connectivity index (χ4n) is 3.13. The summed E-state index contributed by atoms with van der Waals surface area (Å²) in [5.74, 6) is -2.93. The van der Waals surface area contributed by atoms with Crippen molar-refractivity contribution in [3.8, 4) is 0 Å². The lowest BCUT2D eigenvalue weighted by Gasteiger charge is -2.38. The van der Waals surface area contributed by atoms with E-state index < -0.39 is 23.2 Å². The summed E-state index contributed by atoms with van der Waals surface area (Å²) in [5.41, 5.74) is -1.79. The lowest BCUT2D eigenvalue weighted by atomic mass is 9.71. The van der Waals surface area contributed by atoms with Crippen molar-refractivity contribution in [2.75, 3.05) is 13.1 Å². The molecule has 1 N–H and O–H groups in total. The third-order valence-electron chi connectivity index (χ3n) is 3.84. The molecule has 0 bridgehead atoms. The van der Waals surface area contributed by atoms with Gasteiger partial charge in [-0.25, -0.2) is 4.79 Å². The maximum absolute atomic E-state index is 12.1. The molecular formula is C12H15NO5. The van der Waals surface area contributed by atoms with Crippen LogP contribution in [0.3, 0.4) is 0 Å². The van der Waals surface area contributed by atoms with Gasteiger partial charge >= 0.3 is 5.97 Å². The van der Waals surface area contributed by atoms with Crippen LogP contribution in [0.2, 0.25) is 0 Å². The quantitative estimate of drug-likeness (QED) is 0.691. The Kier molecular flexibility index (Phi) is 3.06. The second-order valence-electron chi connectivity index (χ2n) is 4.93. The largest absolute Gasteiger partial charge is 0.480 e. The summed E-state index contributed by atoms with van der Waals surface area (Å²) in [4.78, 5) is 48.1. The monoisotopic (exact) mass is 253 g/mol. The van der Waals surface area contributed by atoms with Crippen LogP contribution in [-0.4, -0.2) is 52.0 Å². The Morgan fingerprint density at radius 3 is 2.61 bits per heavy atom. The number of carbonyl (C=O) groups is 4. The Labute approximate surface area is 104 Å². The molecule has 0 amide bonds. The number of aliphatic carboxylic acids is 1. The first-order valence-electron chi connectivity index (χ1n) is 5.94. The minimum Gasteiger partial charge on any atom is -0.480 e. The van der Waals surface area contributed by atoms with Crippen molar-refractivity contribution in [1.29, 1.82) is 0 Å². The maximum Gasteiger partial charge on any atom is 0.332 e. The molecule has 2 fully saturated rings. The van der Waals surface area contributed by atoms with E-state index in [2.05, 4.69) is 0 Å². The molecule has 18 heavy (non-hydrogen) atoms. The first-order valence-corrected chi connectivity index (χ1v) is 5.94. The molecule has 2 aliphatic rings. The van der Waals surface area contributed by atoms with Crippen LogP contribution in [0.5, 0.6) is 0 Å². The number of Topliss-reactive ketones (excluding diaryl/α,β-unsaturated/α-hetero) is 3. The van der Waals surface area contributed by atoms with E-state index in [9.17, 15) is 24.3 Å². The van der Waals surface area contributed by atoms with Crippen molar-refractivity contribution >= 4 is 23.3 Å². The first kappa shape index (κ1) is 12.9. The van der Waals surface area contributed by atoms with Crippen LogP contribution in [0, 0.1) is 5.92 Å². The standard InChI is InChI=1S/C12H15NO5/c1-7(14)6-13-5-4-8-9(15)2-3-10(16)12(8,13)11(17)18/h8H,2-6H2,1H3,(H,17,18)/t8?,12-/m1/s1. The fourth-order valence-corrected chi connectivity index (χ4v) is 3.13. The van der Waals surface area contributed by atoms with Gasteiger partial charge in [-0.3, -0.25) is 19.3 Å². The van der Waals surface area contributed by atoms with Crippen LogP contribution in [0.4, 0.5) is 0 Å². The Morgan fingerprint density at radius 2 is 2.06 bits per heavy atom. The number of carboxylic acids is 1. The first-order chi connectivity index (χ1) is 8.40. The number of hydrogen-bond donors (Lipinski definition) is 1. The molecule has 1 aliphatic heterocycles. The van der Waals surface area contributed by atoms with Crippen LogP contribution in [0.15, 0.2) is 0 Å². The summed E-state index contributed by atoms with van der Waals surface area (Å²) in [6.07, 6.45) is 0.409. The van der Waals surface area contributed by atoms with Gasteiger partial charge in [0.05, 0.1) is 12.5 Å². The van der Waals surface area contributed by atoms with E-state index in [0.29, 0.717) is 13.0 Å². The average Bonchev–Trinajstić information content (AvgIpc) is 2.64. The lowest BCUT2D eigenvalue weighted by molar-refractivity contribution is -0.164. The molecule has 2 rings (SSSR count). The molecule has 0 aromatic rings. The third-order valence-corrected chi connectivity index (χ3v) is 3.84. The minimum atomic E-state index is -1.79. The molecule has 98 valence electrons. The molecule has 0 aromatic heterocycles. The normalized spacial score (nSPS) is 32.4. The van der Waals surface area contributed by atoms with Crippen LogP contribution >= 0.6 is 0 Å². The van der Waals surface area contributed by atoms with E-state index >= 15 is 0 Å². The summed E-state index contributed by atoms with van der Waals surface area (Å²) in [7, 11) is 0. The number of nitrogens with zero attached hydrogens (tertiary/aromatic N) is 1. The highest BCUT2D eigenvalue weighted by Gasteiger charge is 2.63. The van der Waals surface area contributed by atoms with E-state index in [0.717, 1.165) is 0 Å². The smallest absolute Gasteiger partial charge is 0.332 e. The minimum absolute atomic E-state index is 0.0456. The van der Waals surface area contributed by atoms with Crippen molar-refractivity contribution in [3.63, 3.8) is 0 Å². The number of rotatable bonds is 3. The summed E-state index contributed by atoms with van der Waals surface area (Å²) < 4.78 is 0. The maximum atomic E-state index is 12.1. The van der Waals surface area contributed by atoms with E-state index in [1.807, 2.05) is 0 Å². The van der Waals surface area contributed by atoms with Gasteiger partial charge in [0.25, 0.3) is 0 Å². The Bertz CT molecular complexity index is 444. The number of likely N-dealkylation sites (tertiary alicyclic amines) is 1. The lowest BCUT2D eigenvalue weighted by Crippen LogP contribution is -2.64.